The monoisotopic (exact) mass is 484 g/mol. The molecule has 5 rings (SSSR count). The summed E-state index contributed by atoms with van der Waals surface area (Å²) in [6.45, 7) is 12.1. The maximum Gasteiger partial charge on any atom is 0.252 e. The molecule has 2 N–H and O–H groups in total. The topological polar surface area (TPSA) is 103 Å². The van der Waals surface area contributed by atoms with Crippen molar-refractivity contribution in [3.05, 3.63) is 60.0 Å². The lowest BCUT2D eigenvalue weighted by molar-refractivity contribution is 0.0920. The number of amides is 1. The van der Waals surface area contributed by atoms with Crippen LogP contribution in [0.15, 0.2) is 48.8 Å². The normalized spacial score (nSPS) is 15.0. The molecule has 9 nitrogen and oxygen atoms in total. The molecule has 0 bridgehead atoms. The van der Waals surface area contributed by atoms with Gasteiger partial charge in [0.05, 0.1) is 39.9 Å². The van der Waals surface area contributed by atoms with Crippen LogP contribution in [0.2, 0.25) is 0 Å². The fourth-order valence-corrected chi connectivity index (χ4v) is 4.57. The minimum absolute atomic E-state index is 0.134. The number of nitrogens with zero attached hydrogens (tertiary/aromatic N) is 6. The molecule has 1 fully saturated rings. The molecule has 0 saturated carbocycles. The smallest absolute Gasteiger partial charge is 0.252 e. The number of carbonyl (C=O) groups is 1. The molecule has 36 heavy (non-hydrogen) atoms. The molecule has 9 heteroatoms. The van der Waals surface area contributed by atoms with Crippen molar-refractivity contribution < 1.29 is 4.79 Å². The molecule has 5 heterocycles. The third-order valence-electron chi connectivity index (χ3n) is 6.71. The first-order valence-electron chi connectivity index (χ1n) is 12.5. The van der Waals surface area contributed by atoms with E-state index in [0.29, 0.717) is 23.7 Å². The Bertz CT molecular complexity index is 1360. The lowest BCUT2D eigenvalue weighted by atomic mass is 10.1. The summed E-state index contributed by atoms with van der Waals surface area (Å²) < 4.78 is 0. The lowest BCUT2D eigenvalue weighted by Gasteiger charge is -2.36. The number of aromatic amines is 1. The van der Waals surface area contributed by atoms with Crippen LogP contribution in [-0.2, 0) is 0 Å². The van der Waals surface area contributed by atoms with Gasteiger partial charge in [-0.2, -0.15) is 5.10 Å². The van der Waals surface area contributed by atoms with E-state index in [4.69, 9.17) is 4.98 Å². The van der Waals surface area contributed by atoms with Gasteiger partial charge in [0.1, 0.15) is 0 Å². The minimum Gasteiger partial charge on any atom is -0.351 e. The van der Waals surface area contributed by atoms with E-state index in [9.17, 15) is 4.79 Å². The van der Waals surface area contributed by atoms with Crippen molar-refractivity contribution >= 4 is 16.9 Å². The third-order valence-corrected chi connectivity index (χ3v) is 6.71. The van der Waals surface area contributed by atoms with Crippen LogP contribution >= 0.6 is 0 Å². The van der Waals surface area contributed by atoms with Gasteiger partial charge in [-0.05, 0) is 51.1 Å². The number of hydrogen-bond acceptors (Lipinski definition) is 7. The van der Waals surface area contributed by atoms with E-state index < -0.39 is 0 Å². The summed E-state index contributed by atoms with van der Waals surface area (Å²) in [5, 5.41) is 10.3. The number of H-pyrrole nitrogens is 1. The van der Waals surface area contributed by atoms with Gasteiger partial charge in [0.2, 0.25) is 0 Å². The highest BCUT2D eigenvalue weighted by molar-refractivity contribution is 5.97. The zero-order chi connectivity index (χ0) is 25.1. The number of carbonyl (C=O) groups excluding carboxylic acids is 1. The first-order valence-corrected chi connectivity index (χ1v) is 12.5. The van der Waals surface area contributed by atoms with Gasteiger partial charge in [0, 0.05) is 62.8 Å². The predicted molar refractivity (Wildman–Crippen MR) is 141 cm³/mol. The number of fused-ring (bicyclic) bond motifs is 1. The van der Waals surface area contributed by atoms with Gasteiger partial charge in [0.15, 0.2) is 0 Å². The average Bonchev–Trinajstić information content (AvgIpc) is 3.38. The zero-order valence-electron chi connectivity index (χ0n) is 21.0. The van der Waals surface area contributed by atoms with Crippen molar-refractivity contribution in [3.63, 3.8) is 0 Å². The number of pyridine rings is 3. The van der Waals surface area contributed by atoms with Gasteiger partial charge < -0.3 is 5.32 Å². The lowest BCUT2D eigenvalue weighted by Crippen LogP contribution is -2.50. The molecule has 1 amide bonds. The number of piperazine rings is 1. The molecule has 4 aromatic heterocycles. The van der Waals surface area contributed by atoms with Crippen molar-refractivity contribution in [3.8, 4) is 22.6 Å². The van der Waals surface area contributed by atoms with Crippen LogP contribution in [-0.4, -0.2) is 86.2 Å². The summed E-state index contributed by atoms with van der Waals surface area (Å²) in [5.74, 6) is -0.134. The third kappa shape index (κ3) is 5.27. The molecule has 0 aromatic carbocycles. The maximum atomic E-state index is 12.8. The van der Waals surface area contributed by atoms with Crippen LogP contribution in [0.4, 0.5) is 0 Å². The Morgan fingerprint density at radius 1 is 1.03 bits per heavy atom. The van der Waals surface area contributed by atoms with Crippen molar-refractivity contribution in [2.45, 2.75) is 26.8 Å². The van der Waals surface area contributed by atoms with Gasteiger partial charge in [-0.1, -0.05) is 6.07 Å². The van der Waals surface area contributed by atoms with Crippen molar-refractivity contribution in [1.82, 2.24) is 40.3 Å². The second-order valence-electron chi connectivity index (χ2n) is 9.51. The second kappa shape index (κ2) is 10.5. The molecule has 186 valence electrons. The first kappa shape index (κ1) is 24.0. The average molecular weight is 485 g/mol. The van der Waals surface area contributed by atoms with E-state index in [-0.39, 0.29) is 5.91 Å². The molecule has 0 spiro atoms. The molecular weight excluding hydrogens is 452 g/mol. The van der Waals surface area contributed by atoms with Crippen molar-refractivity contribution in [1.29, 1.82) is 0 Å². The van der Waals surface area contributed by atoms with Gasteiger partial charge in [-0.15, -0.1) is 0 Å². The molecule has 0 unspecified atom stereocenters. The van der Waals surface area contributed by atoms with Crippen LogP contribution in [0.5, 0.6) is 0 Å². The Morgan fingerprint density at radius 2 is 1.86 bits per heavy atom. The van der Waals surface area contributed by atoms with Crippen LogP contribution in [0.3, 0.4) is 0 Å². The number of aromatic nitrogens is 5. The number of aryl methyl sites for hydroxylation is 1. The molecule has 1 aliphatic heterocycles. The highest BCUT2D eigenvalue weighted by Crippen LogP contribution is 2.29. The van der Waals surface area contributed by atoms with Crippen LogP contribution in [0.1, 0.15) is 29.9 Å². The second-order valence-corrected chi connectivity index (χ2v) is 9.51. The Hall–Kier alpha value is -3.69. The summed E-state index contributed by atoms with van der Waals surface area (Å²) in [4.78, 5) is 31.6. The fraction of sp³-hybridized carbons (Fsp3) is 0.370. The molecular formula is C27H32N8O. The van der Waals surface area contributed by atoms with Crippen molar-refractivity contribution in [2.75, 3.05) is 39.3 Å². The SMILES string of the molecule is Cc1cccc(-c2[nH]ncc2-c2ccc3ncc(C(=O)NCCN4CCN(C(C)C)CC4)cc3n2)n1. The zero-order valence-corrected chi connectivity index (χ0v) is 21.0. The van der Waals surface area contributed by atoms with E-state index in [2.05, 4.69) is 49.1 Å². The van der Waals surface area contributed by atoms with E-state index in [0.717, 1.165) is 66.6 Å². The number of nitrogens with one attached hydrogen (secondary N) is 2. The Kier molecular flexibility index (Phi) is 7.02. The summed E-state index contributed by atoms with van der Waals surface area (Å²) in [6.07, 6.45) is 3.36. The molecule has 0 atom stereocenters. The van der Waals surface area contributed by atoms with E-state index in [1.807, 2.05) is 37.3 Å². The summed E-state index contributed by atoms with van der Waals surface area (Å²) in [6, 6.07) is 12.1. The minimum atomic E-state index is -0.134. The largest absolute Gasteiger partial charge is 0.351 e. The van der Waals surface area contributed by atoms with Gasteiger partial charge in [-0.25, -0.2) is 4.98 Å². The summed E-state index contributed by atoms with van der Waals surface area (Å²) >= 11 is 0. The standard InChI is InChI=1S/C27H32N8O/c1-18(2)35-13-11-34(12-14-35)10-9-28-27(36)20-15-25-23(29-16-20)8-7-22(32-25)21-17-30-33-26(21)24-6-4-5-19(3)31-24/h4-8,15-18H,9-14H2,1-3H3,(H,28,36)(H,30,33). The van der Waals surface area contributed by atoms with Crippen LogP contribution in [0, 0.1) is 6.92 Å². The van der Waals surface area contributed by atoms with Crippen LogP contribution < -0.4 is 5.32 Å². The van der Waals surface area contributed by atoms with E-state index in [1.165, 1.54) is 0 Å². The maximum absolute atomic E-state index is 12.8. The quantitative estimate of drug-likeness (QED) is 0.415. The fourth-order valence-electron chi connectivity index (χ4n) is 4.57. The molecule has 0 aliphatic carbocycles. The van der Waals surface area contributed by atoms with E-state index in [1.54, 1.807) is 18.5 Å². The van der Waals surface area contributed by atoms with Gasteiger partial charge in [-0.3, -0.25) is 29.7 Å². The van der Waals surface area contributed by atoms with Crippen molar-refractivity contribution in [2.24, 2.45) is 0 Å². The number of hydrogen-bond donors (Lipinski definition) is 2. The predicted octanol–water partition coefficient (Wildman–Crippen LogP) is 3.15. The molecule has 4 aromatic rings. The molecule has 0 radical (unpaired) electrons. The highest BCUT2D eigenvalue weighted by atomic mass is 16.1. The first-order chi connectivity index (χ1) is 17.5. The van der Waals surface area contributed by atoms with E-state index >= 15 is 0 Å². The molecule has 1 aliphatic rings. The summed E-state index contributed by atoms with van der Waals surface area (Å²) in [5.41, 5.74) is 6.04. The number of rotatable bonds is 7. The Balaban J connectivity index is 1.27. The van der Waals surface area contributed by atoms with Crippen LogP contribution in [0.25, 0.3) is 33.7 Å². The van der Waals surface area contributed by atoms with Gasteiger partial charge in [0.25, 0.3) is 5.91 Å². The Labute approximate surface area is 211 Å². The van der Waals surface area contributed by atoms with Gasteiger partial charge >= 0.3 is 0 Å². The summed E-state index contributed by atoms with van der Waals surface area (Å²) in [7, 11) is 0. The molecule has 1 saturated heterocycles. The Morgan fingerprint density at radius 3 is 2.64 bits per heavy atom. The highest BCUT2D eigenvalue weighted by Gasteiger charge is 2.19.